The van der Waals surface area contributed by atoms with Crippen LogP contribution >= 0.6 is 6.49 Å². The van der Waals surface area contributed by atoms with Gasteiger partial charge in [0.25, 0.3) is 0 Å². The number of aliphatic hydroxyl groups is 3. The minimum Gasteiger partial charge on any atom is -0.454 e. The summed E-state index contributed by atoms with van der Waals surface area (Å²) in [5.41, 5.74) is 13.0. The first kappa shape index (κ1) is 57.1. The highest BCUT2D eigenvalue weighted by Crippen LogP contribution is 2.61. The van der Waals surface area contributed by atoms with Gasteiger partial charge in [-0.2, -0.15) is 0 Å². The zero-order valence-electron chi connectivity index (χ0n) is 50.3. The Labute approximate surface area is 525 Å². The van der Waals surface area contributed by atoms with Crippen molar-refractivity contribution in [1.29, 1.82) is 0 Å². The largest absolute Gasteiger partial charge is 0.454 e. The van der Waals surface area contributed by atoms with Crippen LogP contribution in [0.4, 0.5) is 0 Å². The Kier molecular flexibility index (Phi) is 13.2. The second-order valence-electron chi connectivity index (χ2n) is 27.0. The lowest BCUT2D eigenvalue weighted by Crippen LogP contribution is -2.58. The first-order valence-electron chi connectivity index (χ1n) is 31.1. The van der Waals surface area contributed by atoms with E-state index in [1.807, 2.05) is 18.2 Å². The molecule has 0 fully saturated rings. The van der Waals surface area contributed by atoms with Gasteiger partial charge in [0.2, 0.25) is 40.8 Å². The van der Waals surface area contributed by atoms with E-state index in [4.69, 9.17) is 68.6 Å². The number of benzene rings is 6. The van der Waals surface area contributed by atoms with Gasteiger partial charge in [-0.25, -0.2) is 0 Å². The number of nitrogens with one attached hydrogen (secondary N) is 3. The van der Waals surface area contributed by atoms with E-state index in [0.29, 0.717) is 126 Å². The van der Waals surface area contributed by atoms with E-state index >= 15 is 0 Å². The van der Waals surface area contributed by atoms with Crippen molar-refractivity contribution < 1.29 is 91.1 Å². The molecule has 0 spiro atoms. The van der Waals surface area contributed by atoms with Crippen LogP contribution in [0.15, 0.2) is 72.8 Å². The topological polar surface area (TPSA) is 239 Å². The van der Waals surface area contributed by atoms with E-state index in [1.54, 1.807) is 0 Å². The molecule has 0 radical (unpaired) electrons. The number of quaternary nitrogens is 3. The average molecular weight is 1270 g/mol. The van der Waals surface area contributed by atoms with Gasteiger partial charge in [0.1, 0.15) is 44.2 Å². The SMILES string of the molecule is C[N+]1(CCNP(=S)(NCC[N+]2(C)Cc3c(ccc4c3OCO4)C3C(O)Cc4cc5c(cc4C32)OCO5)NCC[N+]2(C)Cc3c(ccc4c3OCO4)C3C(O)Cc4cc5c(cc4C32)OCO5)Cc2c(ccc3c2OCO3)C2C(O)Cc3cc4c(cc3C21)OCO4.O. The number of hydrogen-bond donors (Lipinski definition) is 6. The Morgan fingerprint density at radius 1 is 0.389 bits per heavy atom. The Hall–Kier alpha value is -6.83. The third-order valence-corrected chi connectivity index (χ3v) is 25.1. The molecule has 0 bridgehead atoms. The highest BCUT2D eigenvalue weighted by molar-refractivity contribution is 8.11. The van der Waals surface area contributed by atoms with Gasteiger partial charge >= 0.3 is 0 Å². The molecule has 24 heteroatoms. The zero-order valence-corrected chi connectivity index (χ0v) is 52.0. The molecule has 9 heterocycles. The fourth-order valence-corrected chi connectivity index (χ4v) is 20.5. The van der Waals surface area contributed by atoms with Crippen LogP contribution in [-0.2, 0) is 50.7 Å². The van der Waals surface area contributed by atoms with Crippen LogP contribution < -0.4 is 72.1 Å². The highest BCUT2D eigenvalue weighted by Gasteiger charge is 2.57. The summed E-state index contributed by atoms with van der Waals surface area (Å²) >= 11 is 7.08. The van der Waals surface area contributed by atoms with Gasteiger partial charge in [0.15, 0.2) is 69.0 Å². The molecule has 12 atom stereocenters. The van der Waals surface area contributed by atoms with Gasteiger partial charge in [-0.1, -0.05) is 18.2 Å². The predicted octanol–water partition coefficient (Wildman–Crippen LogP) is 5.73. The van der Waals surface area contributed by atoms with Crippen molar-refractivity contribution in [2.24, 2.45) is 0 Å². The van der Waals surface area contributed by atoms with Crippen molar-refractivity contribution in [2.75, 3.05) is 101 Å². The Balaban J connectivity index is 0.00000624. The average Bonchev–Trinajstić information content (AvgIpc) is 1.03. The van der Waals surface area contributed by atoms with Crippen molar-refractivity contribution in [3.8, 4) is 69.0 Å². The molecule has 0 saturated heterocycles. The molecule has 9 aliphatic heterocycles. The highest BCUT2D eigenvalue weighted by atomic mass is 32.4. The number of fused-ring (bicyclic) bond motifs is 24. The van der Waals surface area contributed by atoms with E-state index in [2.05, 4.69) is 91.0 Å². The monoisotopic (exact) mass is 1270 g/mol. The Bertz CT molecular complexity index is 3650. The standard InChI is InChI=1S/C66H72N6O15PS.H2O/c1-70(25-43-37(4-7-49-64(43)85-31-76-49)58-46(73)16-34-19-52-55(82-28-79-52)22-40(34)61(58)70)13-10-67-88(89,68-11-14-71(2)26-44-38(5-8-50-65(44)86-32-77-50)59-47(74)17-35-20-53-56(83-29-80-53)23-41(35)62(59)71)69-12-15-72(3)27-45-39(6-9-51-66(45)87-33-78-51)60-48(75)18-36-21-54-57(84-30-81-54)24-42(36)63(60)72;/h4-9,19-24,46-48,58-63,73-75H,10-18,25-33H2,1-3H3,(H3,67,68,69,89);1H2/q+3;. The van der Waals surface area contributed by atoms with Crippen LogP contribution in [0.2, 0.25) is 0 Å². The van der Waals surface area contributed by atoms with Crippen molar-refractivity contribution in [3.63, 3.8) is 0 Å². The number of likely N-dealkylation sites (N-methyl/N-ethyl adjacent to an activating group) is 3. The molecule has 18 rings (SSSR count). The van der Waals surface area contributed by atoms with Gasteiger partial charge in [-0.05, 0) is 119 Å². The number of nitrogens with zero attached hydrogens (tertiary/aromatic N) is 3. The molecule has 3 aliphatic carbocycles. The summed E-state index contributed by atoms with van der Waals surface area (Å²) in [5.74, 6) is 7.90. The maximum Gasteiger partial charge on any atom is 0.231 e. The van der Waals surface area contributed by atoms with Gasteiger partial charge in [0.05, 0.1) is 113 Å². The molecule has 0 amide bonds. The van der Waals surface area contributed by atoms with Gasteiger partial charge in [-0.3, -0.25) is 15.3 Å². The van der Waals surface area contributed by atoms with Crippen LogP contribution in [0.25, 0.3) is 0 Å². The summed E-state index contributed by atoms with van der Waals surface area (Å²) in [4.78, 5) is 0. The summed E-state index contributed by atoms with van der Waals surface area (Å²) in [6.07, 6.45) is -0.622. The Morgan fingerprint density at radius 2 is 0.656 bits per heavy atom. The molecule has 12 unspecified atom stereocenters. The molecular weight excluding hydrogens is 1200 g/mol. The summed E-state index contributed by atoms with van der Waals surface area (Å²) in [6, 6.07) is 24.5. The van der Waals surface area contributed by atoms with E-state index < -0.39 is 24.8 Å². The lowest BCUT2D eigenvalue weighted by atomic mass is 9.69. The maximum absolute atomic E-state index is 12.4. The minimum atomic E-state index is -2.96. The molecule has 8 N–H and O–H groups in total. The third-order valence-electron chi connectivity index (χ3n) is 22.0. The molecule has 22 nitrogen and oxygen atoms in total. The van der Waals surface area contributed by atoms with Crippen LogP contribution in [0.3, 0.4) is 0 Å². The Morgan fingerprint density at radius 3 is 0.956 bits per heavy atom. The maximum atomic E-state index is 12.4. The van der Waals surface area contributed by atoms with Crippen molar-refractivity contribution in [2.45, 2.75) is 93.1 Å². The molecule has 6 aromatic rings. The van der Waals surface area contributed by atoms with Gasteiger partial charge in [0, 0.05) is 16.7 Å². The summed E-state index contributed by atoms with van der Waals surface area (Å²) in [7, 11) is 6.88. The van der Waals surface area contributed by atoms with E-state index in [9.17, 15) is 15.3 Å². The smallest absolute Gasteiger partial charge is 0.231 e. The molecule has 12 aliphatic rings. The van der Waals surface area contributed by atoms with Crippen molar-refractivity contribution in [1.82, 2.24) is 15.3 Å². The van der Waals surface area contributed by atoms with Crippen molar-refractivity contribution >= 4 is 18.3 Å². The molecule has 6 aromatic carbocycles. The number of rotatable bonds is 12. The van der Waals surface area contributed by atoms with Crippen LogP contribution in [-0.4, -0.2) is 154 Å². The fraction of sp³-hybridized carbons (Fsp3) is 0.455. The van der Waals surface area contributed by atoms with E-state index in [-0.39, 0.29) is 82.1 Å². The number of aliphatic hydroxyl groups excluding tert-OH is 3. The normalized spacial score (nSPS) is 30.9. The lowest BCUT2D eigenvalue weighted by molar-refractivity contribution is -0.956. The minimum absolute atomic E-state index is 0. The van der Waals surface area contributed by atoms with E-state index in [0.717, 1.165) is 101 Å². The van der Waals surface area contributed by atoms with Crippen molar-refractivity contribution in [3.05, 3.63) is 140 Å². The number of hydrogen-bond acceptors (Lipinski definition) is 16. The summed E-state index contributed by atoms with van der Waals surface area (Å²) < 4.78 is 74.2. The second-order valence-corrected chi connectivity index (χ2v) is 30.8. The summed E-state index contributed by atoms with van der Waals surface area (Å²) in [5, 5.41) is 49.3. The second kappa shape index (κ2) is 20.8. The first-order chi connectivity index (χ1) is 43.2. The number of ether oxygens (including phenoxy) is 12. The quantitative estimate of drug-likeness (QED) is 0.0633. The fourth-order valence-electron chi connectivity index (χ4n) is 18.1. The van der Waals surface area contributed by atoms with Crippen LogP contribution in [0.5, 0.6) is 69.0 Å². The van der Waals surface area contributed by atoms with Crippen LogP contribution in [0, 0.1) is 0 Å². The summed E-state index contributed by atoms with van der Waals surface area (Å²) in [6.45, 7) is 3.20. The van der Waals surface area contributed by atoms with Gasteiger partial charge in [-0.15, -0.1) is 0 Å². The molecule has 0 aromatic heterocycles. The van der Waals surface area contributed by atoms with E-state index in [1.165, 1.54) is 0 Å². The predicted molar refractivity (Wildman–Crippen MR) is 327 cm³/mol. The molecule has 90 heavy (non-hydrogen) atoms. The molecular formula is C66H74N6O16PS+3. The lowest BCUT2D eigenvalue weighted by Gasteiger charge is -2.53. The zero-order chi connectivity index (χ0) is 59.9. The van der Waals surface area contributed by atoms with Gasteiger partial charge < -0.3 is 91.1 Å². The molecule has 472 valence electrons. The van der Waals surface area contributed by atoms with Crippen LogP contribution in [0.1, 0.15) is 103 Å². The third kappa shape index (κ3) is 8.68. The first-order valence-corrected chi connectivity index (χ1v) is 33.9. The molecule has 0 saturated carbocycles.